The number of hydrogen-bond acceptors (Lipinski definition) is 7. The maximum atomic E-state index is 13.4. The van der Waals surface area contributed by atoms with Gasteiger partial charge in [-0.05, 0) is 42.3 Å². The Balaban J connectivity index is 1.14. The highest BCUT2D eigenvalue weighted by molar-refractivity contribution is 7.20. The summed E-state index contributed by atoms with van der Waals surface area (Å²) in [5.74, 6) is 0.638. The smallest absolute Gasteiger partial charge is 0.274 e. The van der Waals surface area contributed by atoms with Gasteiger partial charge in [-0.25, -0.2) is 20.2 Å². The van der Waals surface area contributed by atoms with E-state index < -0.39 is 0 Å². The number of amides is 1. The van der Waals surface area contributed by atoms with Gasteiger partial charge in [0, 0.05) is 32.0 Å². The van der Waals surface area contributed by atoms with Gasteiger partial charge in [-0.15, -0.1) is 0 Å². The summed E-state index contributed by atoms with van der Waals surface area (Å²) in [4.78, 5) is 19.4. The van der Waals surface area contributed by atoms with Gasteiger partial charge in [0.15, 0.2) is 0 Å². The molecular weight excluding hydrogens is 431 g/mol. The fourth-order valence-corrected chi connectivity index (χ4v) is 5.19. The Kier molecular flexibility index (Phi) is 5.95. The van der Waals surface area contributed by atoms with Crippen LogP contribution < -0.4 is 20.3 Å². The second-order valence-corrected chi connectivity index (χ2v) is 9.13. The molecule has 0 radical (unpaired) electrons. The van der Waals surface area contributed by atoms with Gasteiger partial charge in [-0.1, -0.05) is 23.5 Å². The average molecular weight is 457 g/mol. The molecule has 1 aromatic heterocycles. The number of hydrazine groups is 1. The molecule has 9 heteroatoms. The predicted octanol–water partition coefficient (Wildman–Crippen LogP) is 3.42. The summed E-state index contributed by atoms with van der Waals surface area (Å²) in [6.45, 7) is 1.29. The van der Waals surface area contributed by atoms with Crippen molar-refractivity contribution in [3.8, 4) is 10.9 Å². The molecule has 0 spiro atoms. The summed E-state index contributed by atoms with van der Waals surface area (Å²) in [5.41, 5.74) is 8.23. The lowest BCUT2D eigenvalue weighted by Crippen LogP contribution is -2.49. The van der Waals surface area contributed by atoms with Crippen molar-refractivity contribution in [2.24, 2.45) is 0 Å². The third kappa shape index (κ3) is 4.41. The molecule has 0 aliphatic carbocycles. The van der Waals surface area contributed by atoms with Crippen LogP contribution in [0.4, 0.5) is 4.39 Å². The molecular formula is C23H25FN4O3S. The molecule has 2 atom stereocenters. The Morgan fingerprint density at radius 2 is 2.03 bits per heavy atom. The number of halogens is 1. The average Bonchev–Trinajstić information content (AvgIpc) is 3.46. The van der Waals surface area contributed by atoms with Crippen molar-refractivity contribution in [1.82, 2.24) is 20.7 Å². The van der Waals surface area contributed by atoms with E-state index in [1.54, 1.807) is 13.2 Å². The number of carbonyl (C=O) groups excluding carboxylic acids is 1. The predicted molar refractivity (Wildman–Crippen MR) is 120 cm³/mol. The molecule has 0 saturated carbocycles. The highest BCUT2D eigenvalue weighted by Crippen LogP contribution is 2.31. The van der Waals surface area contributed by atoms with Gasteiger partial charge in [-0.2, -0.15) is 0 Å². The quantitative estimate of drug-likeness (QED) is 0.613. The zero-order valence-corrected chi connectivity index (χ0v) is 18.5. The Bertz CT molecular complexity index is 1120. The fourth-order valence-electron chi connectivity index (χ4n) is 4.28. The highest BCUT2D eigenvalue weighted by atomic mass is 32.1. The molecule has 2 aliphatic rings. The number of thiazole rings is 1. The molecule has 32 heavy (non-hydrogen) atoms. The van der Waals surface area contributed by atoms with E-state index in [9.17, 15) is 9.18 Å². The van der Waals surface area contributed by atoms with Crippen LogP contribution in [0.2, 0.25) is 0 Å². The zero-order chi connectivity index (χ0) is 22.1. The van der Waals surface area contributed by atoms with E-state index >= 15 is 0 Å². The number of aromatic nitrogens is 1. The van der Waals surface area contributed by atoms with Crippen LogP contribution in [0.5, 0.6) is 10.9 Å². The summed E-state index contributed by atoms with van der Waals surface area (Å²) < 4.78 is 25.5. The first-order chi connectivity index (χ1) is 15.6. The normalized spacial score (nSPS) is 21.8. The largest absolute Gasteiger partial charge is 0.497 e. The molecule has 1 amide bonds. The van der Waals surface area contributed by atoms with Gasteiger partial charge < -0.3 is 14.4 Å². The van der Waals surface area contributed by atoms with Crippen LogP contribution in [0, 0.1) is 5.82 Å². The molecule has 2 aromatic carbocycles. The third-order valence-electron chi connectivity index (χ3n) is 6.05. The van der Waals surface area contributed by atoms with Crippen molar-refractivity contribution in [1.29, 1.82) is 0 Å². The number of likely N-dealkylation sites (tertiary alicyclic amines) is 1. The number of piperidine rings is 1. The van der Waals surface area contributed by atoms with Gasteiger partial charge in [0.1, 0.15) is 23.7 Å². The van der Waals surface area contributed by atoms with Crippen LogP contribution in [0.3, 0.4) is 0 Å². The van der Waals surface area contributed by atoms with E-state index in [2.05, 4.69) is 15.8 Å². The van der Waals surface area contributed by atoms with E-state index in [0.29, 0.717) is 24.7 Å². The Labute approximate surface area is 189 Å². The number of rotatable bonds is 5. The lowest BCUT2D eigenvalue weighted by atomic mass is 10.00. The lowest BCUT2D eigenvalue weighted by molar-refractivity contribution is -0.135. The number of nitrogens with one attached hydrogen (secondary N) is 2. The number of fused-ring (bicyclic) bond motifs is 1. The van der Waals surface area contributed by atoms with Gasteiger partial charge in [0.25, 0.3) is 5.19 Å². The number of carbonyl (C=O) groups is 1. The molecule has 2 unspecified atom stereocenters. The summed E-state index contributed by atoms with van der Waals surface area (Å²) in [6, 6.07) is 12.2. The van der Waals surface area contributed by atoms with Gasteiger partial charge in [0.2, 0.25) is 5.91 Å². The third-order valence-corrected chi connectivity index (χ3v) is 6.96. The monoisotopic (exact) mass is 456 g/mol. The van der Waals surface area contributed by atoms with Crippen molar-refractivity contribution < 1.29 is 18.7 Å². The van der Waals surface area contributed by atoms with Crippen LogP contribution in [-0.4, -0.2) is 48.1 Å². The molecule has 168 valence electrons. The van der Waals surface area contributed by atoms with Crippen LogP contribution >= 0.6 is 11.3 Å². The SMILES string of the molecule is COc1cccc(C2CC(C(=O)N3CCC(Oc4nc5ccc(F)cc5s4)CC3)NN2)c1. The maximum Gasteiger partial charge on any atom is 0.274 e. The fraction of sp³-hybridized carbons (Fsp3) is 0.391. The van der Waals surface area contributed by atoms with Crippen LogP contribution in [0.25, 0.3) is 10.2 Å². The van der Waals surface area contributed by atoms with E-state index in [-0.39, 0.29) is 29.9 Å². The molecule has 7 nitrogen and oxygen atoms in total. The molecule has 3 heterocycles. The van der Waals surface area contributed by atoms with E-state index in [1.165, 1.54) is 23.5 Å². The van der Waals surface area contributed by atoms with Crippen LogP contribution in [0.1, 0.15) is 30.9 Å². The first kappa shape index (κ1) is 21.1. The summed E-state index contributed by atoms with van der Waals surface area (Å²) >= 11 is 1.35. The Morgan fingerprint density at radius 1 is 1.19 bits per heavy atom. The van der Waals surface area contributed by atoms with Gasteiger partial charge >= 0.3 is 0 Å². The molecule has 2 aliphatic heterocycles. The van der Waals surface area contributed by atoms with E-state index in [0.717, 1.165) is 34.4 Å². The molecule has 2 fully saturated rings. The second-order valence-electron chi connectivity index (χ2n) is 8.14. The molecule has 0 bridgehead atoms. The number of benzene rings is 2. The molecule has 2 N–H and O–H groups in total. The van der Waals surface area contributed by atoms with Crippen molar-refractivity contribution in [3.05, 3.63) is 53.8 Å². The van der Waals surface area contributed by atoms with Crippen LogP contribution in [-0.2, 0) is 4.79 Å². The zero-order valence-electron chi connectivity index (χ0n) is 17.7. The number of ether oxygens (including phenoxy) is 2. The lowest BCUT2D eigenvalue weighted by Gasteiger charge is -2.33. The number of hydrogen-bond donors (Lipinski definition) is 2. The minimum atomic E-state index is -0.275. The van der Waals surface area contributed by atoms with Crippen molar-refractivity contribution in [3.63, 3.8) is 0 Å². The highest BCUT2D eigenvalue weighted by Gasteiger charge is 2.35. The Morgan fingerprint density at radius 3 is 2.84 bits per heavy atom. The summed E-state index contributed by atoms with van der Waals surface area (Å²) in [6.07, 6.45) is 2.18. The summed E-state index contributed by atoms with van der Waals surface area (Å²) in [7, 11) is 1.65. The first-order valence-corrected chi connectivity index (χ1v) is 11.6. The van der Waals surface area contributed by atoms with Gasteiger partial charge in [0.05, 0.1) is 17.3 Å². The summed E-state index contributed by atoms with van der Waals surface area (Å²) in [5, 5.41) is 0.554. The molecule has 2 saturated heterocycles. The van der Waals surface area contributed by atoms with Gasteiger partial charge in [-0.3, -0.25) is 4.79 Å². The maximum absolute atomic E-state index is 13.4. The standard InChI is InChI=1S/C23H25FN4O3S/c1-30-17-4-2-3-14(11-17)19-13-20(27-26-19)22(29)28-9-7-16(8-10-28)31-23-25-18-6-5-15(24)12-21(18)32-23/h2-6,11-12,16,19-20,26-27H,7-10,13H2,1H3. The van der Waals surface area contributed by atoms with Crippen molar-refractivity contribution >= 4 is 27.5 Å². The minimum absolute atomic E-state index is 0.00338. The van der Waals surface area contributed by atoms with Crippen LogP contribution in [0.15, 0.2) is 42.5 Å². The van der Waals surface area contributed by atoms with Crippen molar-refractivity contribution in [2.45, 2.75) is 37.5 Å². The Hall–Kier alpha value is -2.75. The topological polar surface area (TPSA) is 75.7 Å². The second kappa shape index (κ2) is 9.01. The number of nitrogens with zero attached hydrogens (tertiary/aromatic N) is 2. The van der Waals surface area contributed by atoms with Crippen molar-refractivity contribution in [2.75, 3.05) is 20.2 Å². The molecule has 5 rings (SSSR count). The van der Waals surface area contributed by atoms with E-state index in [1.807, 2.05) is 29.2 Å². The molecule has 3 aromatic rings. The van der Waals surface area contributed by atoms with E-state index in [4.69, 9.17) is 9.47 Å². The number of methoxy groups -OCH3 is 1. The first-order valence-electron chi connectivity index (χ1n) is 10.8. The minimum Gasteiger partial charge on any atom is -0.497 e.